The lowest BCUT2D eigenvalue weighted by atomic mass is 10.1. The van der Waals surface area contributed by atoms with Crippen LogP contribution in [0.2, 0.25) is 0 Å². The molecule has 5 heteroatoms. The lowest BCUT2D eigenvalue weighted by Gasteiger charge is -2.07. The molecule has 0 spiro atoms. The highest BCUT2D eigenvalue weighted by molar-refractivity contribution is 5.95. The highest BCUT2D eigenvalue weighted by atomic mass is 16.5. The van der Waals surface area contributed by atoms with Crippen LogP contribution in [0.3, 0.4) is 0 Å². The predicted molar refractivity (Wildman–Crippen MR) is 105 cm³/mol. The zero-order valence-electron chi connectivity index (χ0n) is 15.6. The van der Waals surface area contributed by atoms with Gasteiger partial charge in [0.15, 0.2) is 5.78 Å². The first-order chi connectivity index (χ1) is 13.0. The summed E-state index contributed by atoms with van der Waals surface area (Å²) in [5.74, 6) is -0.459. The fourth-order valence-electron chi connectivity index (χ4n) is 2.58. The van der Waals surface area contributed by atoms with Crippen molar-refractivity contribution in [2.45, 2.75) is 39.0 Å². The first-order valence-corrected chi connectivity index (χ1v) is 9.15. The van der Waals surface area contributed by atoms with Crippen LogP contribution in [0, 0.1) is 0 Å². The van der Waals surface area contributed by atoms with Crippen LogP contribution in [-0.4, -0.2) is 24.3 Å². The minimum absolute atomic E-state index is 0.0184. The third-order valence-corrected chi connectivity index (χ3v) is 4.08. The number of carbonyl (C=O) groups is 3. The largest absolute Gasteiger partial charge is 0.466 e. The highest BCUT2D eigenvalue weighted by Gasteiger charge is 2.07. The second-order valence-electron chi connectivity index (χ2n) is 6.34. The van der Waals surface area contributed by atoms with Gasteiger partial charge in [-0.25, -0.2) is 0 Å². The SMILES string of the molecule is CC(=O)c1ccc(NC(=O)CCCC(=O)OCCCc2ccccc2)cc1. The van der Waals surface area contributed by atoms with Crippen LogP contribution in [0.1, 0.15) is 48.5 Å². The molecular formula is C22H25NO4. The second-order valence-corrected chi connectivity index (χ2v) is 6.34. The van der Waals surface area contributed by atoms with Crippen molar-refractivity contribution in [3.8, 4) is 0 Å². The predicted octanol–water partition coefficient (Wildman–Crippen LogP) is 4.17. The minimum atomic E-state index is -0.276. The number of rotatable bonds is 10. The van der Waals surface area contributed by atoms with Gasteiger partial charge in [-0.1, -0.05) is 30.3 Å². The molecular weight excluding hydrogens is 342 g/mol. The van der Waals surface area contributed by atoms with Gasteiger partial charge >= 0.3 is 5.97 Å². The van der Waals surface area contributed by atoms with Crippen molar-refractivity contribution < 1.29 is 19.1 Å². The van der Waals surface area contributed by atoms with Crippen LogP contribution in [0.25, 0.3) is 0 Å². The number of Topliss-reactive ketones (excluding diaryl/α,β-unsaturated/α-hetero) is 1. The molecule has 1 amide bonds. The molecule has 2 aromatic carbocycles. The van der Waals surface area contributed by atoms with Gasteiger partial charge in [0.25, 0.3) is 0 Å². The number of benzene rings is 2. The molecule has 27 heavy (non-hydrogen) atoms. The highest BCUT2D eigenvalue weighted by Crippen LogP contribution is 2.11. The zero-order valence-corrected chi connectivity index (χ0v) is 15.6. The van der Waals surface area contributed by atoms with E-state index in [1.807, 2.05) is 30.3 Å². The second kappa shape index (κ2) is 10.9. The number of esters is 1. The molecule has 0 aliphatic rings. The summed E-state index contributed by atoms with van der Waals surface area (Å²) < 4.78 is 5.20. The van der Waals surface area contributed by atoms with Crippen molar-refractivity contribution >= 4 is 23.3 Å². The number of hydrogen-bond acceptors (Lipinski definition) is 4. The molecule has 5 nitrogen and oxygen atoms in total. The van der Waals surface area contributed by atoms with E-state index in [1.54, 1.807) is 24.3 Å². The molecule has 0 heterocycles. The Balaban J connectivity index is 1.57. The normalized spacial score (nSPS) is 10.3. The van der Waals surface area contributed by atoms with Gasteiger partial charge in [0.2, 0.25) is 5.91 Å². The Morgan fingerprint density at radius 1 is 0.889 bits per heavy atom. The van der Waals surface area contributed by atoms with Crippen molar-refractivity contribution in [3.63, 3.8) is 0 Å². The van der Waals surface area contributed by atoms with Gasteiger partial charge in [0, 0.05) is 24.1 Å². The molecule has 0 bridgehead atoms. The average Bonchev–Trinajstić information content (AvgIpc) is 2.66. The molecule has 0 unspecified atom stereocenters. The first kappa shape index (κ1) is 20.4. The molecule has 0 fully saturated rings. The van der Waals surface area contributed by atoms with Gasteiger partial charge in [-0.3, -0.25) is 14.4 Å². The lowest BCUT2D eigenvalue weighted by Crippen LogP contribution is -2.13. The molecule has 0 atom stereocenters. The van der Waals surface area contributed by atoms with Crippen LogP contribution in [0.5, 0.6) is 0 Å². The van der Waals surface area contributed by atoms with Crippen LogP contribution in [-0.2, 0) is 20.7 Å². The molecule has 2 aromatic rings. The van der Waals surface area contributed by atoms with Crippen molar-refractivity contribution in [3.05, 3.63) is 65.7 Å². The Kier molecular flexibility index (Phi) is 8.23. The van der Waals surface area contributed by atoms with E-state index in [0.717, 1.165) is 12.8 Å². The van der Waals surface area contributed by atoms with E-state index < -0.39 is 0 Å². The Labute approximate surface area is 159 Å². The Morgan fingerprint density at radius 3 is 2.26 bits per heavy atom. The van der Waals surface area contributed by atoms with E-state index in [4.69, 9.17) is 4.74 Å². The number of amides is 1. The zero-order chi connectivity index (χ0) is 19.5. The van der Waals surface area contributed by atoms with Gasteiger partial charge in [-0.2, -0.15) is 0 Å². The summed E-state index contributed by atoms with van der Waals surface area (Å²) >= 11 is 0. The van der Waals surface area contributed by atoms with Gasteiger partial charge in [-0.05, 0) is 56.0 Å². The summed E-state index contributed by atoms with van der Waals surface area (Å²) in [5.41, 5.74) is 2.46. The number of ether oxygens (including phenoxy) is 1. The Morgan fingerprint density at radius 2 is 1.59 bits per heavy atom. The van der Waals surface area contributed by atoms with Gasteiger partial charge in [0.05, 0.1) is 6.61 Å². The standard InChI is InChI=1S/C22H25NO4/c1-17(24)19-12-14-20(15-13-19)23-21(25)10-5-11-22(26)27-16-6-9-18-7-3-2-4-8-18/h2-4,7-8,12-15H,5-6,9-11,16H2,1H3,(H,23,25). The smallest absolute Gasteiger partial charge is 0.305 e. The maximum atomic E-state index is 11.9. The first-order valence-electron chi connectivity index (χ1n) is 9.15. The third kappa shape index (κ3) is 7.86. The maximum Gasteiger partial charge on any atom is 0.305 e. The summed E-state index contributed by atoms with van der Waals surface area (Å²) in [4.78, 5) is 34.8. The summed E-state index contributed by atoms with van der Waals surface area (Å²) in [6.07, 6.45) is 2.57. The Bertz CT molecular complexity index is 754. The average molecular weight is 367 g/mol. The van der Waals surface area contributed by atoms with Crippen molar-refractivity contribution in [1.29, 1.82) is 0 Å². The number of aryl methyl sites for hydroxylation is 1. The van der Waals surface area contributed by atoms with Crippen LogP contribution in [0.15, 0.2) is 54.6 Å². The molecule has 2 rings (SSSR count). The molecule has 0 saturated heterocycles. The fourth-order valence-corrected chi connectivity index (χ4v) is 2.58. The van der Waals surface area contributed by atoms with Crippen LogP contribution >= 0.6 is 0 Å². The summed E-state index contributed by atoms with van der Waals surface area (Å²) in [6.45, 7) is 1.89. The molecule has 1 N–H and O–H groups in total. The van der Waals surface area contributed by atoms with E-state index in [1.165, 1.54) is 12.5 Å². The summed E-state index contributed by atoms with van der Waals surface area (Å²) in [5, 5.41) is 2.75. The number of ketones is 1. The number of nitrogens with one attached hydrogen (secondary N) is 1. The topological polar surface area (TPSA) is 72.5 Å². The molecule has 0 saturated carbocycles. The van der Waals surface area contributed by atoms with Crippen LogP contribution < -0.4 is 5.32 Å². The van der Waals surface area contributed by atoms with Crippen LogP contribution in [0.4, 0.5) is 5.69 Å². The quantitative estimate of drug-likeness (QED) is 0.388. The number of carbonyl (C=O) groups excluding carboxylic acids is 3. The third-order valence-electron chi connectivity index (χ3n) is 4.08. The van der Waals surface area contributed by atoms with E-state index >= 15 is 0 Å². The van der Waals surface area contributed by atoms with E-state index in [-0.39, 0.29) is 30.5 Å². The van der Waals surface area contributed by atoms with Crippen molar-refractivity contribution in [2.75, 3.05) is 11.9 Å². The molecule has 0 aromatic heterocycles. The fraction of sp³-hybridized carbons (Fsp3) is 0.318. The van der Waals surface area contributed by atoms with E-state index in [0.29, 0.717) is 24.3 Å². The van der Waals surface area contributed by atoms with Gasteiger partial charge in [0.1, 0.15) is 0 Å². The minimum Gasteiger partial charge on any atom is -0.466 e. The molecule has 142 valence electrons. The monoisotopic (exact) mass is 367 g/mol. The Hall–Kier alpha value is -2.95. The summed E-state index contributed by atoms with van der Waals surface area (Å²) in [7, 11) is 0. The summed E-state index contributed by atoms with van der Waals surface area (Å²) in [6, 6.07) is 16.8. The van der Waals surface area contributed by atoms with Gasteiger partial charge < -0.3 is 10.1 Å². The van der Waals surface area contributed by atoms with E-state index in [2.05, 4.69) is 5.32 Å². The molecule has 0 aliphatic carbocycles. The van der Waals surface area contributed by atoms with Crippen molar-refractivity contribution in [2.24, 2.45) is 0 Å². The maximum absolute atomic E-state index is 11.9. The van der Waals surface area contributed by atoms with Crippen molar-refractivity contribution in [1.82, 2.24) is 0 Å². The van der Waals surface area contributed by atoms with E-state index in [9.17, 15) is 14.4 Å². The van der Waals surface area contributed by atoms with Gasteiger partial charge in [-0.15, -0.1) is 0 Å². The molecule has 0 aliphatic heterocycles. The number of anilines is 1. The molecule has 0 radical (unpaired) electrons. The lowest BCUT2D eigenvalue weighted by molar-refractivity contribution is -0.143. The number of hydrogen-bond donors (Lipinski definition) is 1.